The van der Waals surface area contributed by atoms with Crippen LogP contribution in [0.5, 0.6) is 5.75 Å². The zero-order valence-electron chi connectivity index (χ0n) is 19.2. The Kier molecular flexibility index (Phi) is 5.31. The summed E-state index contributed by atoms with van der Waals surface area (Å²) >= 11 is 0. The van der Waals surface area contributed by atoms with Gasteiger partial charge in [-0.1, -0.05) is 6.92 Å². The van der Waals surface area contributed by atoms with Gasteiger partial charge >= 0.3 is 0 Å². The number of aliphatic imine (C=N–C) groups is 1. The lowest BCUT2D eigenvalue weighted by Gasteiger charge is -2.48. The number of halogens is 1. The molecule has 2 unspecified atom stereocenters. The first kappa shape index (κ1) is 23.2. The zero-order valence-corrected chi connectivity index (χ0v) is 20.0. The van der Waals surface area contributed by atoms with Crippen molar-refractivity contribution in [3.8, 4) is 5.75 Å². The molecule has 3 N–H and O–H groups in total. The molecule has 4 rings (SSSR count). The lowest BCUT2D eigenvalue weighted by Crippen LogP contribution is -2.63. The smallest absolute Gasteiger partial charge is 0.274 e. The fourth-order valence-corrected chi connectivity index (χ4v) is 7.25. The molecule has 0 aromatic carbocycles. The third-order valence-electron chi connectivity index (χ3n) is 7.23. The number of hydrogen-bond donors (Lipinski definition) is 2. The molecule has 1 aromatic heterocycles. The standard InChI is InChI=1S/C22H28FN5O4S/c1-12-10-14(32-5)11-25-18(12)19(29)26-16-7-6-15(23)17(13(16)2)21(3)22(8-9-22)33(30,31)28(4)20(24)27-21/h6-7,10-11,13,17H,8-9H2,1-5H3,(H2,24,27)(H,26,29)/t13?,17?,21-/m1/s1. The van der Waals surface area contributed by atoms with Gasteiger partial charge in [0.1, 0.15) is 22.0 Å². The number of nitrogens with zero attached hydrogens (tertiary/aromatic N) is 3. The van der Waals surface area contributed by atoms with Gasteiger partial charge in [-0.05, 0) is 50.5 Å². The first-order valence-electron chi connectivity index (χ1n) is 10.6. The Balaban J connectivity index is 1.68. The molecule has 1 aromatic rings. The lowest BCUT2D eigenvalue weighted by atomic mass is 9.70. The summed E-state index contributed by atoms with van der Waals surface area (Å²) < 4.78 is 46.7. The molecule has 1 spiro atoms. The van der Waals surface area contributed by atoms with Gasteiger partial charge in [-0.2, -0.15) is 0 Å². The number of aromatic nitrogens is 1. The van der Waals surface area contributed by atoms with Crippen molar-refractivity contribution in [2.45, 2.75) is 43.9 Å². The monoisotopic (exact) mass is 477 g/mol. The molecular formula is C22H28FN5O4S. The molecule has 178 valence electrons. The number of carbonyl (C=O) groups is 1. The van der Waals surface area contributed by atoms with Crippen molar-refractivity contribution in [1.29, 1.82) is 0 Å². The molecule has 2 aliphatic carbocycles. The second-order valence-corrected chi connectivity index (χ2v) is 11.3. The van der Waals surface area contributed by atoms with Crippen LogP contribution in [-0.2, 0) is 10.0 Å². The first-order valence-corrected chi connectivity index (χ1v) is 12.1. The molecule has 3 aliphatic rings. The maximum Gasteiger partial charge on any atom is 0.274 e. The number of rotatable bonds is 4. The number of allylic oxidation sites excluding steroid dienone is 3. The number of nitrogens with two attached hydrogens (primary N) is 1. The summed E-state index contributed by atoms with van der Waals surface area (Å²) in [6.45, 7) is 5.13. The second-order valence-electron chi connectivity index (χ2n) is 9.02. The van der Waals surface area contributed by atoms with E-state index in [9.17, 15) is 13.2 Å². The van der Waals surface area contributed by atoms with Gasteiger partial charge in [0.2, 0.25) is 16.0 Å². The van der Waals surface area contributed by atoms with Gasteiger partial charge in [-0.25, -0.2) is 27.1 Å². The molecule has 0 radical (unpaired) electrons. The SMILES string of the molecule is COc1cnc(C(=O)NC2=CC=C(F)C([C@@]3(C)N=C(N)N(C)S(=O)(=O)C34CC4)C2C)c(C)c1. The van der Waals surface area contributed by atoms with Crippen LogP contribution in [0.15, 0.2) is 40.9 Å². The molecule has 1 aliphatic heterocycles. The molecule has 33 heavy (non-hydrogen) atoms. The van der Waals surface area contributed by atoms with Crippen LogP contribution >= 0.6 is 0 Å². The molecule has 2 heterocycles. The number of nitrogens with one attached hydrogen (secondary N) is 1. The molecule has 9 nitrogen and oxygen atoms in total. The van der Waals surface area contributed by atoms with Crippen molar-refractivity contribution >= 4 is 21.9 Å². The van der Waals surface area contributed by atoms with E-state index in [0.29, 0.717) is 29.9 Å². The van der Waals surface area contributed by atoms with Gasteiger partial charge in [0.15, 0.2) is 0 Å². The molecule has 1 fully saturated rings. The molecular weight excluding hydrogens is 449 g/mol. The number of methoxy groups -OCH3 is 1. The summed E-state index contributed by atoms with van der Waals surface area (Å²) in [5.41, 5.74) is 5.91. The Morgan fingerprint density at radius 2 is 2.03 bits per heavy atom. The van der Waals surface area contributed by atoms with Crippen LogP contribution in [0.25, 0.3) is 0 Å². The van der Waals surface area contributed by atoms with Gasteiger partial charge in [0.05, 0.1) is 18.8 Å². The average molecular weight is 478 g/mol. The highest BCUT2D eigenvalue weighted by Crippen LogP contribution is 2.61. The molecule has 1 amide bonds. The highest BCUT2D eigenvalue weighted by molar-refractivity contribution is 7.91. The van der Waals surface area contributed by atoms with E-state index in [0.717, 1.165) is 4.31 Å². The lowest BCUT2D eigenvalue weighted by molar-refractivity contribution is 0.0948. The van der Waals surface area contributed by atoms with Gasteiger partial charge in [-0.3, -0.25) is 4.79 Å². The number of sulfonamides is 1. The minimum Gasteiger partial charge on any atom is -0.495 e. The zero-order chi connectivity index (χ0) is 24.3. The first-order chi connectivity index (χ1) is 15.4. The minimum atomic E-state index is -3.82. The summed E-state index contributed by atoms with van der Waals surface area (Å²) in [7, 11) is -0.950. The molecule has 3 atom stereocenters. The summed E-state index contributed by atoms with van der Waals surface area (Å²) in [5.74, 6) is -2.09. The Hall–Kier alpha value is -2.95. The Morgan fingerprint density at radius 3 is 2.61 bits per heavy atom. The number of guanidine groups is 1. The van der Waals surface area contributed by atoms with Crippen LogP contribution in [0.3, 0.4) is 0 Å². The molecule has 1 saturated carbocycles. The minimum absolute atomic E-state index is 0.173. The molecule has 11 heteroatoms. The van der Waals surface area contributed by atoms with Crippen molar-refractivity contribution < 1.29 is 22.3 Å². The van der Waals surface area contributed by atoms with Gasteiger partial charge < -0.3 is 15.8 Å². The largest absolute Gasteiger partial charge is 0.495 e. The Morgan fingerprint density at radius 1 is 1.36 bits per heavy atom. The Labute approximate surface area is 192 Å². The van der Waals surface area contributed by atoms with Crippen LogP contribution in [0.1, 0.15) is 42.7 Å². The maximum atomic E-state index is 15.3. The number of pyridine rings is 1. The van der Waals surface area contributed by atoms with E-state index in [4.69, 9.17) is 10.5 Å². The number of ether oxygens (including phenoxy) is 1. The van der Waals surface area contributed by atoms with Crippen LogP contribution in [0.2, 0.25) is 0 Å². The van der Waals surface area contributed by atoms with E-state index >= 15 is 4.39 Å². The van der Waals surface area contributed by atoms with Crippen molar-refractivity contribution in [1.82, 2.24) is 14.6 Å². The number of amides is 1. The molecule has 0 saturated heterocycles. The summed E-state index contributed by atoms with van der Waals surface area (Å²) in [6, 6.07) is 1.70. The fourth-order valence-electron chi connectivity index (χ4n) is 5.13. The van der Waals surface area contributed by atoms with E-state index in [2.05, 4.69) is 15.3 Å². The van der Waals surface area contributed by atoms with E-state index < -0.39 is 43.9 Å². The number of carbonyl (C=O) groups excluding carboxylic acids is 1. The average Bonchev–Trinajstić information content (AvgIpc) is 3.57. The van der Waals surface area contributed by atoms with E-state index in [1.807, 2.05) is 0 Å². The van der Waals surface area contributed by atoms with Gasteiger partial charge in [0, 0.05) is 24.6 Å². The normalized spacial score (nSPS) is 29.6. The van der Waals surface area contributed by atoms with Crippen molar-refractivity contribution in [2.24, 2.45) is 22.6 Å². The third kappa shape index (κ3) is 3.24. The van der Waals surface area contributed by atoms with E-state index in [1.165, 1.54) is 32.5 Å². The van der Waals surface area contributed by atoms with Gasteiger partial charge in [-0.15, -0.1) is 0 Å². The van der Waals surface area contributed by atoms with E-state index in [1.54, 1.807) is 26.8 Å². The fraction of sp³-hybridized carbons (Fsp3) is 0.500. The van der Waals surface area contributed by atoms with Crippen LogP contribution in [-0.4, -0.2) is 54.0 Å². The number of hydrogen-bond acceptors (Lipinski definition) is 7. The second kappa shape index (κ2) is 7.54. The number of aryl methyl sites for hydroxylation is 1. The molecule has 0 bridgehead atoms. The van der Waals surface area contributed by atoms with Crippen LogP contribution in [0, 0.1) is 18.8 Å². The third-order valence-corrected chi connectivity index (χ3v) is 9.94. The predicted octanol–water partition coefficient (Wildman–Crippen LogP) is 2.01. The summed E-state index contributed by atoms with van der Waals surface area (Å²) in [6.07, 6.45) is 4.93. The summed E-state index contributed by atoms with van der Waals surface area (Å²) in [4.78, 5) is 21.6. The highest BCUT2D eigenvalue weighted by atomic mass is 32.2. The Bertz CT molecular complexity index is 1220. The highest BCUT2D eigenvalue weighted by Gasteiger charge is 2.72. The van der Waals surface area contributed by atoms with Crippen molar-refractivity contribution in [2.75, 3.05) is 14.2 Å². The van der Waals surface area contributed by atoms with Gasteiger partial charge in [0.25, 0.3) is 5.91 Å². The topological polar surface area (TPSA) is 127 Å². The van der Waals surface area contributed by atoms with Crippen LogP contribution < -0.4 is 15.8 Å². The predicted molar refractivity (Wildman–Crippen MR) is 122 cm³/mol. The summed E-state index contributed by atoms with van der Waals surface area (Å²) in [5, 5.41) is 2.83. The quantitative estimate of drug-likeness (QED) is 0.683. The van der Waals surface area contributed by atoms with Crippen LogP contribution in [0.4, 0.5) is 4.39 Å². The van der Waals surface area contributed by atoms with E-state index in [-0.39, 0.29) is 11.7 Å². The van der Waals surface area contributed by atoms with Crippen molar-refractivity contribution in [3.63, 3.8) is 0 Å². The maximum absolute atomic E-state index is 15.3. The van der Waals surface area contributed by atoms with Crippen molar-refractivity contribution in [3.05, 3.63) is 47.2 Å².